The maximum absolute atomic E-state index is 5.45. The molecular formula is C17H17N3O. The first-order valence-electron chi connectivity index (χ1n) is 6.99. The molecule has 0 aliphatic rings. The Kier molecular flexibility index (Phi) is 3.69. The summed E-state index contributed by atoms with van der Waals surface area (Å²) in [5, 5.41) is 8.47. The molecule has 0 spiro atoms. The second-order valence-electron chi connectivity index (χ2n) is 4.79. The molecule has 0 amide bonds. The highest BCUT2D eigenvalue weighted by molar-refractivity contribution is 5.59. The molecule has 1 heterocycles. The Hall–Kier alpha value is -2.62. The van der Waals surface area contributed by atoms with Gasteiger partial charge in [-0.05, 0) is 49.7 Å². The van der Waals surface area contributed by atoms with Crippen LogP contribution in [0.4, 0.5) is 0 Å². The van der Waals surface area contributed by atoms with E-state index in [1.807, 2.05) is 55.6 Å². The number of hydrogen-bond acceptors (Lipinski definition) is 3. The zero-order chi connectivity index (χ0) is 14.7. The van der Waals surface area contributed by atoms with Gasteiger partial charge >= 0.3 is 0 Å². The topological polar surface area (TPSA) is 39.9 Å². The third-order valence-corrected chi connectivity index (χ3v) is 3.32. The standard InChI is InChI=1S/C17H17N3O/c1-3-21-15-10-8-14(9-11-15)16-12-20(19-18-16)17-7-5-4-6-13(17)2/h4-12H,3H2,1-2H3. The summed E-state index contributed by atoms with van der Waals surface area (Å²) >= 11 is 0. The largest absolute Gasteiger partial charge is 0.494 e. The summed E-state index contributed by atoms with van der Waals surface area (Å²) in [7, 11) is 0. The molecule has 0 saturated carbocycles. The van der Waals surface area contributed by atoms with Gasteiger partial charge < -0.3 is 4.74 Å². The number of rotatable bonds is 4. The van der Waals surface area contributed by atoms with Crippen LogP contribution in [-0.2, 0) is 0 Å². The van der Waals surface area contributed by atoms with Crippen LogP contribution in [0.2, 0.25) is 0 Å². The molecule has 21 heavy (non-hydrogen) atoms. The van der Waals surface area contributed by atoms with Crippen molar-refractivity contribution in [2.45, 2.75) is 13.8 Å². The second-order valence-corrected chi connectivity index (χ2v) is 4.79. The molecule has 106 valence electrons. The molecule has 0 aliphatic carbocycles. The van der Waals surface area contributed by atoms with Gasteiger partial charge in [-0.25, -0.2) is 4.68 Å². The molecule has 4 heteroatoms. The fraction of sp³-hybridized carbons (Fsp3) is 0.176. The van der Waals surface area contributed by atoms with Gasteiger partial charge in [0.05, 0.1) is 18.5 Å². The molecule has 0 atom stereocenters. The average Bonchev–Trinajstić information content (AvgIpc) is 2.98. The first-order chi connectivity index (χ1) is 10.3. The van der Waals surface area contributed by atoms with E-state index in [9.17, 15) is 0 Å². The third kappa shape index (κ3) is 2.79. The Morgan fingerprint density at radius 1 is 1.05 bits per heavy atom. The number of hydrogen-bond donors (Lipinski definition) is 0. The third-order valence-electron chi connectivity index (χ3n) is 3.32. The molecule has 0 saturated heterocycles. The van der Waals surface area contributed by atoms with Crippen molar-refractivity contribution in [2.24, 2.45) is 0 Å². The van der Waals surface area contributed by atoms with Gasteiger partial charge in [0.25, 0.3) is 0 Å². The fourth-order valence-corrected chi connectivity index (χ4v) is 2.22. The summed E-state index contributed by atoms with van der Waals surface area (Å²) < 4.78 is 7.25. The quantitative estimate of drug-likeness (QED) is 0.732. The van der Waals surface area contributed by atoms with Gasteiger partial charge in [0.1, 0.15) is 11.4 Å². The van der Waals surface area contributed by atoms with Crippen molar-refractivity contribution in [3.63, 3.8) is 0 Å². The van der Waals surface area contributed by atoms with E-state index in [0.717, 1.165) is 22.7 Å². The Balaban J connectivity index is 1.89. The fourth-order valence-electron chi connectivity index (χ4n) is 2.22. The number of aryl methyl sites for hydroxylation is 1. The molecule has 0 fully saturated rings. The Labute approximate surface area is 124 Å². The second kappa shape index (κ2) is 5.79. The average molecular weight is 279 g/mol. The monoisotopic (exact) mass is 279 g/mol. The molecule has 4 nitrogen and oxygen atoms in total. The van der Waals surface area contributed by atoms with Gasteiger partial charge in [-0.3, -0.25) is 0 Å². The Bertz CT molecular complexity index is 732. The van der Waals surface area contributed by atoms with Gasteiger partial charge in [0.15, 0.2) is 0 Å². The van der Waals surface area contributed by atoms with E-state index >= 15 is 0 Å². The van der Waals surface area contributed by atoms with Crippen LogP contribution in [0.1, 0.15) is 12.5 Å². The highest BCUT2D eigenvalue weighted by Gasteiger charge is 2.07. The van der Waals surface area contributed by atoms with Crippen molar-refractivity contribution in [3.05, 3.63) is 60.3 Å². The van der Waals surface area contributed by atoms with E-state index < -0.39 is 0 Å². The number of ether oxygens (including phenoxy) is 1. The van der Waals surface area contributed by atoms with Crippen LogP contribution in [-0.4, -0.2) is 21.6 Å². The number of aromatic nitrogens is 3. The predicted octanol–water partition coefficient (Wildman–Crippen LogP) is 3.64. The lowest BCUT2D eigenvalue weighted by Gasteiger charge is -2.03. The smallest absolute Gasteiger partial charge is 0.119 e. The number of para-hydroxylation sites is 1. The SMILES string of the molecule is CCOc1ccc(-c2cn(-c3ccccc3C)nn2)cc1. The molecule has 0 bridgehead atoms. The maximum Gasteiger partial charge on any atom is 0.119 e. The molecule has 0 radical (unpaired) electrons. The van der Waals surface area contributed by atoms with E-state index in [4.69, 9.17) is 4.74 Å². The minimum atomic E-state index is 0.669. The van der Waals surface area contributed by atoms with Crippen molar-refractivity contribution >= 4 is 0 Å². The van der Waals surface area contributed by atoms with Crippen molar-refractivity contribution in [1.29, 1.82) is 0 Å². The van der Waals surface area contributed by atoms with Crippen LogP contribution < -0.4 is 4.74 Å². The molecule has 0 aliphatic heterocycles. The van der Waals surface area contributed by atoms with E-state index in [-0.39, 0.29) is 0 Å². The highest BCUT2D eigenvalue weighted by atomic mass is 16.5. The predicted molar refractivity (Wildman–Crippen MR) is 82.7 cm³/mol. The van der Waals surface area contributed by atoms with Crippen LogP contribution in [0.15, 0.2) is 54.7 Å². The van der Waals surface area contributed by atoms with Crippen LogP contribution >= 0.6 is 0 Å². The van der Waals surface area contributed by atoms with Gasteiger partial charge in [-0.2, -0.15) is 0 Å². The van der Waals surface area contributed by atoms with E-state index in [1.54, 1.807) is 4.68 Å². The zero-order valence-corrected chi connectivity index (χ0v) is 12.2. The first kappa shape index (κ1) is 13.4. The molecule has 1 aromatic heterocycles. The molecule has 3 rings (SSSR count). The summed E-state index contributed by atoms with van der Waals surface area (Å²) in [5.74, 6) is 0.868. The number of nitrogens with zero attached hydrogens (tertiary/aromatic N) is 3. The van der Waals surface area contributed by atoms with Crippen molar-refractivity contribution in [3.8, 4) is 22.7 Å². The minimum Gasteiger partial charge on any atom is -0.494 e. The van der Waals surface area contributed by atoms with Crippen molar-refractivity contribution in [2.75, 3.05) is 6.61 Å². The highest BCUT2D eigenvalue weighted by Crippen LogP contribution is 2.21. The van der Waals surface area contributed by atoms with Gasteiger partial charge in [0.2, 0.25) is 0 Å². The van der Waals surface area contributed by atoms with Gasteiger partial charge in [0, 0.05) is 5.56 Å². The Morgan fingerprint density at radius 2 is 1.81 bits per heavy atom. The minimum absolute atomic E-state index is 0.669. The molecule has 0 unspecified atom stereocenters. The lowest BCUT2D eigenvalue weighted by molar-refractivity contribution is 0.340. The molecular weight excluding hydrogens is 262 g/mol. The maximum atomic E-state index is 5.45. The summed E-state index contributed by atoms with van der Waals surface area (Å²) in [6, 6.07) is 16.0. The molecule has 3 aromatic rings. The van der Waals surface area contributed by atoms with Crippen LogP contribution in [0.5, 0.6) is 5.75 Å². The zero-order valence-electron chi connectivity index (χ0n) is 12.2. The van der Waals surface area contributed by atoms with Crippen molar-refractivity contribution < 1.29 is 4.74 Å². The first-order valence-corrected chi connectivity index (χ1v) is 6.99. The molecule has 0 N–H and O–H groups in total. The summed E-state index contributed by atoms with van der Waals surface area (Å²) in [6.07, 6.45) is 1.94. The summed E-state index contributed by atoms with van der Waals surface area (Å²) in [5.41, 5.74) is 4.09. The van der Waals surface area contributed by atoms with E-state index in [1.165, 1.54) is 5.56 Å². The van der Waals surface area contributed by atoms with Crippen LogP contribution in [0.25, 0.3) is 16.9 Å². The normalized spacial score (nSPS) is 10.6. The van der Waals surface area contributed by atoms with Crippen LogP contribution in [0.3, 0.4) is 0 Å². The lowest BCUT2D eigenvalue weighted by atomic mass is 10.1. The summed E-state index contributed by atoms with van der Waals surface area (Å²) in [6.45, 7) is 4.71. The van der Waals surface area contributed by atoms with Gasteiger partial charge in [-0.1, -0.05) is 23.4 Å². The molecule has 2 aromatic carbocycles. The van der Waals surface area contributed by atoms with E-state index in [0.29, 0.717) is 6.61 Å². The Morgan fingerprint density at radius 3 is 2.52 bits per heavy atom. The summed E-state index contributed by atoms with van der Waals surface area (Å²) in [4.78, 5) is 0. The van der Waals surface area contributed by atoms with E-state index in [2.05, 4.69) is 23.3 Å². The van der Waals surface area contributed by atoms with Crippen LogP contribution in [0, 0.1) is 6.92 Å². The van der Waals surface area contributed by atoms with Crippen molar-refractivity contribution in [1.82, 2.24) is 15.0 Å². The van der Waals surface area contributed by atoms with Gasteiger partial charge in [-0.15, -0.1) is 5.10 Å². The number of benzene rings is 2. The lowest BCUT2D eigenvalue weighted by Crippen LogP contribution is -1.96.